The Bertz CT molecular complexity index is 1430. The lowest BCUT2D eigenvalue weighted by molar-refractivity contribution is -0.164. The third kappa shape index (κ3) is 6.00. The monoisotopic (exact) mass is 652 g/mol. The van der Waals surface area contributed by atoms with Gasteiger partial charge in [-0.2, -0.15) is 10.2 Å². The first-order valence-electron chi connectivity index (χ1n) is 18.2. The molecule has 0 spiro atoms. The normalized spacial score (nSPS) is 36.9. The van der Waals surface area contributed by atoms with Crippen molar-refractivity contribution in [1.29, 1.82) is 0 Å². The summed E-state index contributed by atoms with van der Waals surface area (Å²) in [5, 5.41) is 33.7. The summed E-state index contributed by atoms with van der Waals surface area (Å²) in [4.78, 5) is 6.09. The maximum absolute atomic E-state index is 14.9. The fourth-order valence-corrected chi connectivity index (χ4v) is 11.7. The molecule has 10 atom stereocenters. The predicted molar refractivity (Wildman–Crippen MR) is 177 cm³/mol. The number of halogens is 2. The fourth-order valence-electron chi connectivity index (χ4n) is 11.7. The third-order valence-electron chi connectivity index (χ3n) is 14.0. The molecule has 5 aliphatic rings. The van der Waals surface area contributed by atoms with Crippen molar-refractivity contribution in [3.63, 3.8) is 0 Å². The molecule has 258 valence electrons. The second kappa shape index (κ2) is 12.7. The smallest absolute Gasteiger partial charge is 0.137 e. The lowest BCUT2D eigenvalue weighted by Gasteiger charge is -2.62. The summed E-state index contributed by atoms with van der Waals surface area (Å²) in [7, 11) is 0. The second-order valence-corrected chi connectivity index (χ2v) is 16.5. The van der Waals surface area contributed by atoms with Crippen LogP contribution in [-0.2, 0) is 12.1 Å². The van der Waals surface area contributed by atoms with Crippen LogP contribution in [0.5, 0.6) is 0 Å². The highest BCUT2D eigenvalue weighted by atomic mass is 19.1. The van der Waals surface area contributed by atoms with Crippen LogP contribution in [0.25, 0.3) is 0 Å². The van der Waals surface area contributed by atoms with Crippen LogP contribution in [0.4, 0.5) is 8.78 Å². The molecule has 1 unspecified atom stereocenters. The molecule has 10 heteroatoms. The highest BCUT2D eigenvalue weighted by molar-refractivity contribution is 5.56. The van der Waals surface area contributed by atoms with E-state index >= 15 is 0 Å². The number of hydrazone groups is 1. The summed E-state index contributed by atoms with van der Waals surface area (Å²) < 4.78 is 30.0. The van der Waals surface area contributed by atoms with Gasteiger partial charge in [0.2, 0.25) is 0 Å². The Hall–Kier alpha value is -2.59. The van der Waals surface area contributed by atoms with Crippen molar-refractivity contribution in [2.75, 3.05) is 19.8 Å². The third-order valence-corrected chi connectivity index (χ3v) is 14.0. The fraction of sp³-hybridized carbons (Fsp3) is 0.757. The number of hydrogen-bond acceptors (Lipinski definition) is 7. The number of benzene rings is 1. The lowest BCUT2D eigenvalue weighted by atomic mass is 9.44. The minimum atomic E-state index is -1.69. The Morgan fingerprint density at radius 2 is 1.87 bits per heavy atom. The Morgan fingerprint density at radius 3 is 2.66 bits per heavy atom. The van der Waals surface area contributed by atoms with Gasteiger partial charge in [-0.1, -0.05) is 39.7 Å². The number of nitrogens with zero attached hydrogens (tertiary/aromatic N) is 6. The van der Waals surface area contributed by atoms with E-state index in [1.165, 1.54) is 74.8 Å². The van der Waals surface area contributed by atoms with Crippen LogP contribution in [0, 0.1) is 58.0 Å². The van der Waals surface area contributed by atoms with Gasteiger partial charge in [-0.3, -0.25) is 5.01 Å². The van der Waals surface area contributed by atoms with Crippen LogP contribution in [0.1, 0.15) is 97.0 Å². The quantitative estimate of drug-likeness (QED) is 0.309. The minimum absolute atomic E-state index is 0.00248. The maximum Gasteiger partial charge on any atom is 0.137 e. The zero-order valence-corrected chi connectivity index (χ0v) is 28.4. The van der Waals surface area contributed by atoms with Gasteiger partial charge in [0.05, 0.1) is 19.2 Å². The van der Waals surface area contributed by atoms with Gasteiger partial charge >= 0.3 is 0 Å². The van der Waals surface area contributed by atoms with E-state index in [2.05, 4.69) is 40.9 Å². The van der Waals surface area contributed by atoms with Crippen molar-refractivity contribution in [3.8, 4) is 0 Å². The molecule has 4 saturated carbocycles. The topological polar surface area (TPSA) is 90.0 Å². The molecule has 7 rings (SSSR count). The van der Waals surface area contributed by atoms with Crippen molar-refractivity contribution < 1.29 is 19.0 Å². The number of hydrogen-bond donors (Lipinski definition) is 2. The van der Waals surface area contributed by atoms with E-state index in [9.17, 15) is 19.0 Å². The molecule has 1 aromatic heterocycles. The van der Waals surface area contributed by atoms with E-state index in [0.29, 0.717) is 53.0 Å². The molecule has 0 radical (unpaired) electrons. The molecule has 2 heterocycles. The highest BCUT2D eigenvalue weighted by Crippen LogP contribution is 2.68. The van der Waals surface area contributed by atoms with Gasteiger partial charge in [-0.15, -0.1) is 0 Å². The predicted octanol–water partition coefficient (Wildman–Crippen LogP) is 6.40. The maximum atomic E-state index is 14.9. The van der Waals surface area contributed by atoms with Gasteiger partial charge in [0.25, 0.3) is 0 Å². The Labute approximate surface area is 278 Å². The van der Waals surface area contributed by atoms with E-state index in [0.717, 1.165) is 37.9 Å². The van der Waals surface area contributed by atoms with Crippen molar-refractivity contribution in [2.24, 2.45) is 51.4 Å². The number of aromatic nitrogens is 3. The number of rotatable bonds is 10. The molecule has 47 heavy (non-hydrogen) atoms. The molecule has 1 aliphatic heterocycles. The summed E-state index contributed by atoms with van der Waals surface area (Å²) in [6.07, 6.45) is 18.2. The molecule has 8 nitrogen and oxygen atoms in total. The standard InChI is InChI=1S/C37H54F2N6O2/c1-25(28-11-12-30-34-31(13-15-36(28,30)3)35(2)14-5-4-8-26(35)17-33(34)46)7-6-16-43-23-42-45(24-43)20-37(47,19-44-22-40-21-41-44)29-10-9-27(38)18-32(29)39/h9-10,18,21-23,25-26,28,30-31,33-34,46-47H,4-8,11-17,19-20,24H2,1-3H3/t25-,26+,28-,30+,31+,33-,34+,35+,36-,37?/m1/s1. The molecule has 2 aromatic rings. The molecule has 2 N–H and O–H groups in total. The summed E-state index contributed by atoms with van der Waals surface area (Å²) >= 11 is 0. The number of aliphatic hydroxyl groups is 2. The first-order valence-corrected chi connectivity index (χ1v) is 18.2. The molecule has 0 saturated heterocycles. The average molecular weight is 653 g/mol. The molecular formula is C37H54F2N6O2. The van der Waals surface area contributed by atoms with Crippen molar-refractivity contribution in [3.05, 3.63) is 48.1 Å². The van der Waals surface area contributed by atoms with Crippen LogP contribution in [0.2, 0.25) is 0 Å². The highest BCUT2D eigenvalue weighted by Gasteiger charge is 2.62. The van der Waals surface area contributed by atoms with E-state index in [-0.39, 0.29) is 24.8 Å². The zero-order valence-electron chi connectivity index (χ0n) is 28.4. The van der Waals surface area contributed by atoms with Crippen LogP contribution in [0.15, 0.2) is 36.0 Å². The Kier molecular flexibility index (Phi) is 8.90. The Balaban J connectivity index is 0.940. The first kappa shape index (κ1) is 32.9. The van der Waals surface area contributed by atoms with Crippen molar-refractivity contribution >= 4 is 6.34 Å². The van der Waals surface area contributed by atoms with Crippen LogP contribution in [0.3, 0.4) is 0 Å². The van der Waals surface area contributed by atoms with E-state index < -0.39 is 17.2 Å². The molecule has 4 fully saturated rings. The molecule has 0 amide bonds. The van der Waals surface area contributed by atoms with E-state index in [1.54, 1.807) is 11.3 Å². The second-order valence-electron chi connectivity index (χ2n) is 16.5. The summed E-state index contributed by atoms with van der Waals surface area (Å²) in [5.74, 6) is 2.34. The zero-order chi connectivity index (χ0) is 33.0. The van der Waals surface area contributed by atoms with Crippen molar-refractivity contribution in [2.45, 2.75) is 110 Å². The SMILES string of the molecule is C[C@H](CCCN1C=NN(CC(O)(Cn2cncn2)c2ccc(F)cc2F)C1)[C@H]1CC[C@H]2[C@@H]3[C@H](O)C[C@@H]4CCCC[C@]4(C)[C@H]3CC[C@]12C. The summed E-state index contributed by atoms with van der Waals surface area (Å²) in [6.45, 7) is 8.92. The largest absolute Gasteiger partial charge is 0.393 e. The lowest BCUT2D eigenvalue weighted by Crippen LogP contribution is -2.57. The van der Waals surface area contributed by atoms with Crippen LogP contribution in [-0.4, -0.2) is 67.1 Å². The van der Waals surface area contributed by atoms with E-state index in [4.69, 9.17) is 0 Å². The van der Waals surface area contributed by atoms with Gasteiger partial charge in [0.15, 0.2) is 0 Å². The van der Waals surface area contributed by atoms with E-state index in [1.807, 2.05) is 0 Å². The molecular weight excluding hydrogens is 598 g/mol. The van der Waals surface area contributed by atoms with Crippen LogP contribution >= 0.6 is 0 Å². The van der Waals surface area contributed by atoms with Gasteiger partial charge < -0.3 is 15.1 Å². The number of β-amino-alcohol motifs (C(OH)–C–C–N with tert-alkyl or cyclic N) is 1. The molecule has 1 aromatic carbocycles. The van der Waals surface area contributed by atoms with Gasteiger partial charge in [-0.25, -0.2) is 18.4 Å². The van der Waals surface area contributed by atoms with Gasteiger partial charge in [-0.05, 0) is 110 Å². The molecule has 0 bridgehead atoms. The average Bonchev–Trinajstić information content (AvgIpc) is 3.77. The van der Waals surface area contributed by atoms with Crippen LogP contribution < -0.4 is 0 Å². The number of aliphatic hydroxyl groups excluding tert-OH is 1. The van der Waals surface area contributed by atoms with Gasteiger partial charge in [0, 0.05) is 18.2 Å². The molecule has 4 aliphatic carbocycles. The summed E-state index contributed by atoms with van der Waals surface area (Å²) in [5.41, 5.74) is -0.947. The summed E-state index contributed by atoms with van der Waals surface area (Å²) in [6, 6.07) is 3.25. The Morgan fingerprint density at radius 1 is 1.04 bits per heavy atom. The minimum Gasteiger partial charge on any atom is -0.393 e. The van der Waals surface area contributed by atoms with Crippen molar-refractivity contribution in [1.82, 2.24) is 24.7 Å². The number of fused-ring (bicyclic) bond motifs is 5. The van der Waals surface area contributed by atoms with Gasteiger partial charge in [0.1, 0.15) is 42.9 Å². The first-order chi connectivity index (χ1) is 22.5.